The van der Waals surface area contributed by atoms with Crippen LogP contribution in [0.5, 0.6) is 11.5 Å². The number of benzene rings is 2. The third-order valence-electron chi connectivity index (χ3n) is 4.57. The van der Waals surface area contributed by atoms with Crippen LogP contribution in [0.2, 0.25) is 0 Å². The number of halogens is 1. The highest BCUT2D eigenvalue weighted by atomic mass is 127. The summed E-state index contributed by atoms with van der Waals surface area (Å²) < 4.78 is 38.9. The molecule has 5 rings (SSSR count). The van der Waals surface area contributed by atoms with Gasteiger partial charge in [-0.2, -0.15) is 0 Å². The second-order valence-corrected chi connectivity index (χ2v) is 9.23. The highest BCUT2D eigenvalue weighted by molar-refractivity contribution is 14.1. The molecule has 4 aromatic rings. The summed E-state index contributed by atoms with van der Waals surface area (Å²) in [4.78, 5) is 4.70. The van der Waals surface area contributed by atoms with E-state index in [1.807, 2.05) is 24.3 Å². The maximum absolute atomic E-state index is 13.0. The Morgan fingerprint density at radius 3 is 2.57 bits per heavy atom. The molecule has 3 heterocycles. The molecule has 0 fully saturated rings. The van der Waals surface area contributed by atoms with Crippen LogP contribution in [0.3, 0.4) is 0 Å². The van der Waals surface area contributed by atoms with Crippen molar-refractivity contribution in [3.8, 4) is 22.6 Å². The first-order valence-corrected chi connectivity index (χ1v) is 10.9. The summed E-state index contributed by atoms with van der Waals surface area (Å²) in [6.07, 6.45) is 3.27. The zero-order valence-corrected chi connectivity index (χ0v) is 17.3. The van der Waals surface area contributed by atoms with Crippen LogP contribution in [0.15, 0.2) is 71.9 Å². The maximum Gasteiger partial charge on any atom is 0.269 e. The molecule has 0 unspecified atom stereocenters. The van der Waals surface area contributed by atoms with Gasteiger partial charge < -0.3 is 9.47 Å². The lowest BCUT2D eigenvalue weighted by Gasteiger charge is -2.07. The first-order valence-electron chi connectivity index (χ1n) is 8.41. The lowest BCUT2D eigenvalue weighted by atomic mass is 10.1. The molecule has 8 heteroatoms. The molecule has 6 nitrogen and oxygen atoms in total. The molecule has 0 saturated carbocycles. The summed E-state index contributed by atoms with van der Waals surface area (Å²) in [5.74, 6) is 1.41. The number of aromatic nitrogens is 2. The highest BCUT2D eigenvalue weighted by Gasteiger charge is 2.22. The number of rotatable bonds is 3. The maximum atomic E-state index is 13.0. The Balaban J connectivity index is 1.64. The molecule has 0 atom stereocenters. The molecule has 1 aliphatic rings. The standard InChI is InChI=1S/C20H13IN2O4S/c21-17-11-23(28(24,25)15-4-2-1-3-5-15)20-16(17)8-14(10-22-20)13-6-7-18-19(9-13)27-12-26-18/h1-11H,12H2. The lowest BCUT2D eigenvalue weighted by molar-refractivity contribution is 0.174. The molecular weight excluding hydrogens is 491 g/mol. The summed E-state index contributed by atoms with van der Waals surface area (Å²) >= 11 is 2.13. The van der Waals surface area contributed by atoms with Gasteiger partial charge in [0.05, 0.1) is 4.90 Å². The minimum Gasteiger partial charge on any atom is -0.454 e. The Hall–Kier alpha value is -2.59. The fourth-order valence-electron chi connectivity index (χ4n) is 3.17. The van der Waals surface area contributed by atoms with Crippen molar-refractivity contribution in [2.75, 3.05) is 6.79 Å². The molecule has 0 saturated heterocycles. The van der Waals surface area contributed by atoms with Gasteiger partial charge in [0.25, 0.3) is 10.0 Å². The first-order chi connectivity index (χ1) is 13.5. The number of ether oxygens (including phenoxy) is 2. The largest absolute Gasteiger partial charge is 0.454 e. The molecule has 0 radical (unpaired) electrons. The van der Waals surface area contributed by atoms with E-state index in [0.717, 1.165) is 20.1 Å². The predicted octanol–water partition coefficient (Wildman–Crippen LogP) is 4.27. The van der Waals surface area contributed by atoms with Crippen molar-refractivity contribution in [2.45, 2.75) is 4.90 Å². The van der Waals surface area contributed by atoms with Crippen LogP contribution in [0.4, 0.5) is 0 Å². The van der Waals surface area contributed by atoms with Crippen LogP contribution < -0.4 is 9.47 Å². The molecule has 1 aliphatic heterocycles. The van der Waals surface area contributed by atoms with Gasteiger partial charge in [-0.15, -0.1) is 0 Å². The van der Waals surface area contributed by atoms with Crippen molar-refractivity contribution < 1.29 is 17.9 Å². The summed E-state index contributed by atoms with van der Waals surface area (Å²) in [5, 5.41) is 0.773. The van der Waals surface area contributed by atoms with E-state index in [1.165, 1.54) is 3.97 Å². The van der Waals surface area contributed by atoms with Crippen LogP contribution in [-0.2, 0) is 10.0 Å². The van der Waals surface area contributed by atoms with E-state index in [0.29, 0.717) is 17.1 Å². The second kappa shape index (κ2) is 6.49. The Bertz CT molecular complexity index is 1320. The van der Waals surface area contributed by atoms with Gasteiger partial charge in [0.1, 0.15) is 0 Å². The number of nitrogens with zero attached hydrogens (tertiary/aromatic N) is 2. The molecule has 0 amide bonds. The Labute approximate surface area is 174 Å². The van der Waals surface area contributed by atoms with Gasteiger partial charge in [-0.3, -0.25) is 0 Å². The molecule has 0 bridgehead atoms. The van der Waals surface area contributed by atoms with Gasteiger partial charge in [-0.1, -0.05) is 24.3 Å². The number of fused-ring (bicyclic) bond motifs is 2. The van der Waals surface area contributed by atoms with Crippen LogP contribution in [0, 0.1) is 3.57 Å². The van der Waals surface area contributed by atoms with E-state index >= 15 is 0 Å². The second-order valence-electron chi connectivity index (χ2n) is 6.25. The minimum absolute atomic E-state index is 0.216. The molecule has 0 N–H and O–H groups in total. The summed E-state index contributed by atoms with van der Waals surface area (Å²) in [6, 6.07) is 16.0. The van der Waals surface area contributed by atoms with E-state index in [-0.39, 0.29) is 11.7 Å². The molecule has 140 valence electrons. The smallest absolute Gasteiger partial charge is 0.269 e. The average Bonchev–Trinajstić information content (AvgIpc) is 3.32. The normalized spacial score (nSPS) is 13.2. The SMILES string of the molecule is O=S(=O)(c1ccccc1)n1cc(I)c2cc(-c3ccc4c(c3)OCO4)cnc21. The van der Waals surface area contributed by atoms with Crippen molar-refractivity contribution in [2.24, 2.45) is 0 Å². The van der Waals surface area contributed by atoms with Crippen molar-refractivity contribution >= 4 is 43.6 Å². The predicted molar refractivity (Wildman–Crippen MR) is 113 cm³/mol. The number of pyridine rings is 1. The fourth-order valence-corrected chi connectivity index (χ4v) is 5.38. The third-order valence-corrected chi connectivity index (χ3v) is 7.09. The van der Waals surface area contributed by atoms with E-state index in [1.54, 1.807) is 42.7 Å². The van der Waals surface area contributed by atoms with Crippen molar-refractivity contribution in [3.05, 3.63) is 70.6 Å². The van der Waals surface area contributed by atoms with Crippen LogP contribution in [0.1, 0.15) is 0 Å². The van der Waals surface area contributed by atoms with Crippen LogP contribution in [-0.4, -0.2) is 24.2 Å². The average molecular weight is 504 g/mol. The van der Waals surface area contributed by atoms with Crippen molar-refractivity contribution in [1.29, 1.82) is 0 Å². The molecule has 0 aliphatic carbocycles. The van der Waals surface area contributed by atoms with Crippen molar-refractivity contribution in [3.63, 3.8) is 0 Å². The van der Waals surface area contributed by atoms with E-state index in [9.17, 15) is 8.42 Å². The monoisotopic (exact) mass is 504 g/mol. The zero-order chi connectivity index (χ0) is 19.3. The Kier molecular flexibility index (Phi) is 4.06. The van der Waals surface area contributed by atoms with Gasteiger partial charge in [-0.25, -0.2) is 17.4 Å². The van der Waals surface area contributed by atoms with Gasteiger partial charge >= 0.3 is 0 Å². The Morgan fingerprint density at radius 2 is 1.75 bits per heavy atom. The van der Waals surface area contributed by atoms with Gasteiger partial charge in [-0.05, 0) is 58.5 Å². The first kappa shape index (κ1) is 17.5. The summed E-state index contributed by atoms with van der Waals surface area (Å²) in [5.41, 5.74) is 2.20. The third kappa shape index (κ3) is 2.75. The fraction of sp³-hybridized carbons (Fsp3) is 0.0500. The van der Waals surface area contributed by atoms with E-state index in [2.05, 4.69) is 27.6 Å². The quantitative estimate of drug-likeness (QED) is 0.390. The topological polar surface area (TPSA) is 70.4 Å². The highest BCUT2D eigenvalue weighted by Crippen LogP contribution is 2.37. The number of hydrogen-bond donors (Lipinski definition) is 0. The lowest BCUT2D eigenvalue weighted by Crippen LogP contribution is -2.12. The molecular formula is C20H13IN2O4S. The molecule has 2 aromatic carbocycles. The van der Waals surface area contributed by atoms with Crippen LogP contribution in [0.25, 0.3) is 22.2 Å². The molecule has 0 spiro atoms. The zero-order valence-electron chi connectivity index (χ0n) is 14.4. The van der Waals surface area contributed by atoms with Gasteiger partial charge in [0, 0.05) is 26.9 Å². The van der Waals surface area contributed by atoms with Gasteiger partial charge in [0.15, 0.2) is 17.1 Å². The molecule has 2 aromatic heterocycles. The van der Waals surface area contributed by atoms with Crippen molar-refractivity contribution in [1.82, 2.24) is 8.96 Å². The Morgan fingerprint density at radius 1 is 0.964 bits per heavy atom. The minimum atomic E-state index is -3.72. The van der Waals surface area contributed by atoms with Crippen LogP contribution >= 0.6 is 22.6 Å². The summed E-state index contributed by atoms with van der Waals surface area (Å²) in [6.45, 7) is 0.216. The number of hydrogen-bond acceptors (Lipinski definition) is 5. The van der Waals surface area contributed by atoms with Gasteiger partial charge in [0.2, 0.25) is 6.79 Å². The van der Waals surface area contributed by atoms with E-state index in [4.69, 9.17) is 9.47 Å². The molecule has 28 heavy (non-hydrogen) atoms. The van der Waals surface area contributed by atoms with E-state index < -0.39 is 10.0 Å². The summed E-state index contributed by atoms with van der Waals surface area (Å²) in [7, 11) is -3.72.